The largest absolute Gasteiger partial charge is 0.325 e. The maximum Gasteiger partial charge on any atom is 0.161 e. The average Bonchev–Trinajstić information content (AvgIpc) is 4.10. The molecule has 0 saturated carbocycles. The zero-order valence-corrected chi connectivity index (χ0v) is 39.1. The monoisotopic (exact) mass is 929 g/mol. The summed E-state index contributed by atoms with van der Waals surface area (Å²) in [6.45, 7) is 0. The van der Waals surface area contributed by atoms with E-state index in [1.807, 2.05) is 88.2 Å². The average molecular weight is 930 g/mol. The van der Waals surface area contributed by atoms with Crippen LogP contribution < -0.4 is 20.0 Å². The van der Waals surface area contributed by atoms with Gasteiger partial charge < -0.3 is 25.4 Å². The maximum atomic E-state index is 9.49. The molecule has 0 aliphatic carbocycles. The van der Waals surface area contributed by atoms with E-state index >= 15 is 0 Å². The van der Waals surface area contributed by atoms with Crippen LogP contribution in [0.4, 0.5) is 57.0 Å². The van der Waals surface area contributed by atoms with E-state index in [0.29, 0.717) is 11.5 Å². The van der Waals surface area contributed by atoms with Gasteiger partial charge in [0.05, 0.1) is 17.1 Å². The molecular formula is C63H47N9. The molecule has 0 bridgehead atoms. The van der Waals surface area contributed by atoms with Crippen molar-refractivity contribution in [2.75, 3.05) is 20.0 Å². The van der Waals surface area contributed by atoms with Gasteiger partial charge in [-0.2, -0.15) is 19.6 Å². The molecule has 0 fully saturated rings. The minimum Gasteiger partial charge on any atom is -0.325 e. The van der Waals surface area contributed by atoms with Crippen LogP contribution in [0.1, 0.15) is 5.56 Å². The zero-order chi connectivity index (χ0) is 48.2. The molecule has 3 heterocycles. The Morgan fingerprint density at radius 2 is 0.667 bits per heavy atom. The Bertz CT molecular complexity index is 3520. The second kappa shape index (κ2) is 19.2. The first-order valence-electron chi connectivity index (χ1n) is 23.9. The fourth-order valence-corrected chi connectivity index (χ4v) is 9.28. The highest BCUT2D eigenvalue weighted by atomic mass is 15.5. The molecule has 0 unspecified atom stereocenters. The topological polar surface area (TPSA) is 81.2 Å². The van der Waals surface area contributed by atoms with Crippen molar-refractivity contribution in [3.63, 3.8) is 0 Å². The molecule has 9 heteroatoms. The van der Waals surface area contributed by atoms with Crippen LogP contribution in [-0.2, 0) is 0 Å². The van der Waals surface area contributed by atoms with Gasteiger partial charge in [-0.3, -0.25) is 0 Å². The quantitative estimate of drug-likeness (QED) is 0.112. The number of benzene rings is 9. The third kappa shape index (κ3) is 8.59. The number of para-hydroxylation sites is 6. The lowest BCUT2D eigenvalue weighted by molar-refractivity contribution is 0.758. The molecule has 9 aromatic carbocycles. The fraction of sp³-hybridized carbons (Fsp3) is 0. The van der Waals surface area contributed by atoms with Gasteiger partial charge in [0.15, 0.2) is 5.82 Å². The SMILES string of the molecule is N=C(/C=C1\Nc2cc(-c3ccc(N(c4ccccc4)c4ccccc4)cc3)nn2-c2cc(-c3ccc(N(c4ccccc4)c4ccccc4)cc3)nn21)c1ccc(N(c2ccccc2)c2ccccc2)cc1. The number of aromatic nitrogens is 4. The molecule has 12 rings (SSSR count). The lowest BCUT2D eigenvalue weighted by Gasteiger charge is -2.25. The van der Waals surface area contributed by atoms with Crippen LogP contribution in [0, 0.1) is 5.41 Å². The van der Waals surface area contributed by atoms with Crippen LogP contribution in [0.3, 0.4) is 0 Å². The molecule has 1 aliphatic rings. The number of hydrogen-bond acceptors (Lipinski definition) is 7. The summed E-state index contributed by atoms with van der Waals surface area (Å²) in [5.74, 6) is 2.14. The normalized spacial score (nSPS) is 12.1. The number of rotatable bonds is 13. The highest BCUT2D eigenvalue weighted by Gasteiger charge is 2.26. The van der Waals surface area contributed by atoms with Crippen molar-refractivity contribution in [2.24, 2.45) is 0 Å². The number of nitrogens with one attached hydrogen (secondary N) is 2. The van der Waals surface area contributed by atoms with Crippen LogP contribution in [0.25, 0.3) is 34.2 Å². The predicted molar refractivity (Wildman–Crippen MR) is 295 cm³/mol. The molecule has 9 nitrogen and oxygen atoms in total. The van der Waals surface area contributed by atoms with Crippen LogP contribution in [0.2, 0.25) is 0 Å². The lowest BCUT2D eigenvalue weighted by atomic mass is 10.1. The minimum absolute atomic E-state index is 0.328. The van der Waals surface area contributed by atoms with E-state index in [9.17, 15) is 5.41 Å². The van der Waals surface area contributed by atoms with E-state index in [2.05, 4.69) is 214 Å². The summed E-state index contributed by atoms with van der Waals surface area (Å²) in [5, 5.41) is 23.5. The Kier molecular flexibility index (Phi) is 11.5. The first-order valence-corrected chi connectivity index (χ1v) is 23.9. The summed E-state index contributed by atoms with van der Waals surface area (Å²) in [6.07, 6.45) is 1.84. The Hall–Kier alpha value is -9.99. The smallest absolute Gasteiger partial charge is 0.161 e. The summed E-state index contributed by atoms with van der Waals surface area (Å²) in [7, 11) is 0. The van der Waals surface area contributed by atoms with Crippen LogP contribution in [-0.4, -0.2) is 25.3 Å². The molecule has 2 N–H and O–H groups in total. The van der Waals surface area contributed by atoms with Gasteiger partial charge in [0.25, 0.3) is 0 Å². The van der Waals surface area contributed by atoms with E-state index < -0.39 is 0 Å². The fourth-order valence-electron chi connectivity index (χ4n) is 9.28. The minimum atomic E-state index is 0.328. The van der Waals surface area contributed by atoms with Gasteiger partial charge in [-0.05, 0) is 115 Å². The summed E-state index contributed by atoms with van der Waals surface area (Å²) < 4.78 is 3.75. The Morgan fingerprint density at radius 3 is 1.03 bits per heavy atom. The van der Waals surface area contributed by atoms with Crippen molar-refractivity contribution in [2.45, 2.75) is 0 Å². The number of anilines is 10. The molecule has 2 aromatic heterocycles. The number of nitrogens with zero attached hydrogens (tertiary/aromatic N) is 7. The summed E-state index contributed by atoms with van der Waals surface area (Å²) in [4.78, 5) is 6.71. The first kappa shape index (κ1) is 43.3. The van der Waals surface area contributed by atoms with Crippen molar-refractivity contribution in [3.8, 4) is 28.3 Å². The Labute approximate surface area is 418 Å². The van der Waals surface area contributed by atoms with Crippen LogP contribution in [0.5, 0.6) is 0 Å². The van der Waals surface area contributed by atoms with Gasteiger partial charge in [-0.1, -0.05) is 146 Å². The van der Waals surface area contributed by atoms with Gasteiger partial charge in [0.1, 0.15) is 11.6 Å². The predicted octanol–water partition coefficient (Wildman–Crippen LogP) is 16.1. The van der Waals surface area contributed by atoms with E-state index in [0.717, 1.165) is 90.9 Å². The second-order valence-electron chi connectivity index (χ2n) is 17.4. The van der Waals surface area contributed by atoms with E-state index in [-0.39, 0.29) is 0 Å². The van der Waals surface area contributed by atoms with Gasteiger partial charge in [-0.15, -0.1) is 0 Å². The van der Waals surface area contributed by atoms with Crippen molar-refractivity contribution >= 4 is 68.5 Å². The number of allylic oxidation sites excluding steroid dienone is 1. The molecule has 1 aliphatic heterocycles. The highest BCUT2D eigenvalue weighted by molar-refractivity contribution is 6.10. The third-order valence-corrected chi connectivity index (χ3v) is 12.7. The molecule has 72 heavy (non-hydrogen) atoms. The summed E-state index contributed by atoms with van der Waals surface area (Å²) >= 11 is 0. The molecule has 0 spiro atoms. The van der Waals surface area contributed by atoms with E-state index in [1.54, 1.807) is 0 Å². The molecule has 0 atom stereocenters. The van der Waals surface area contributed by atoms with Crippen molar-refractivity contribution in [3.05, 3.63) is 279 Å². The Morgan fingerprint density at radius 1 is 0.361 bits per heavy atom. The Balaban J connectivity index is 0.901. The van der Waals surface area contributed by atoms with Crippen LogP contribution >= 0.6 is 0 Å². The molecule has 0 saturated heterocycles. The molecule has 344 valence electrons. The molecule has 0 amide bonds. The van der Waals surface area contributed by atoms with Crippen molar-refractivity contribution in [1.29, 1.82) is 5.41 Å². The van der Waals surface area contributed by atoms with Gasteiger partial charge in [-0.25, -0.2) is 0 Å². The molecule has 0 radical (unpaired) electrons. The molecular weight excluding hydrogens is 883 g/mol. The third-order valence-electron chi connectivity index (χ3n) is 12.7. The van der Waals surface area contributed by atoms with E-state index in [1.165, 1.54) is 0 Å². The highest BCUT2D eigenvalue weighted by Crippen LogP contribution is 2.40. The lowest BCUT2D eigenvalue weighted by Crippen LogP contribution is -2.22. The zero-order valence-electron chi connectivity index (χ0n) is 39.1. The van der Waals surface area contributed by atoms with Gasteiger partial charge >= 0.3 is 0 Å². The standard InChI is InChI=1S/C63H47N9/c64-58(46-31-37-55(38-32-46)68(49-19-7-1-8-20-49)50-21-9-2-10-22-50)43-61-65-62-44-59(47-33-39-56(40-34-47)69(51-23-11-3-12-24-51)52-25-13-4-14-26-52)66-72(62)63-45-60(67-71(61)63)48-35-41-57(42-36-48)70(53-27-15-5-16-28-53)54-29-17-6-18-30-54/h1-45,64-65H/b61-43+,64-58?. The van der Waals surface area contributed by atoms with Crippen molar-refractivity contribution in [1.82, 2.24) is 19.6 Å². The van der Waals surface area contributed by atoms with E-state index in [4.69, 9.17) is 10.2 Å². The van der Waals surface area contributed by atoms with Crippen LogP contribution in [0.15, 0.2) is 273 Å². The van der Waals surface area contributed by atoms with Crippen molar-refractivity contribution < 1.29 is 0 Å². The number of fused-ring (bicyclic) bond motifs is 3. The second-order valence-corrected chi connectivity index (χ2v) is 17.4. The molecule has 11 aromatic rings. The number of hydrogen-bond donors (Lipinski definition) is 2. The first-order chi connectivity index (χ1) is 35.6. The maximum absolute atomic E-state index is 9.49. The summed E-state index contributed by atoms with van der Waals surface area (Å²) in [5.41, 5.74) is 14.0. The van der Waals surface area contributed by atoms with Gasteiger partial charge in [0, 0.05) is 80.5 Å². The summed E-state index contributed by atoms with van der Waals surface area (Å²) in [6, 6.07) is 91.5. The van der Waals surface area contributed by atoms with Gasteiger partial charge in [0.2, 0.25) is 0 Å².